The summed E-state index contributed by atoms with van der Waals surface area (Å²) in [4.78, 5) is 15.9. The van der Waals surface area contributed by atoms with Gasteiger partial charge in [-0.25, -0.2) is 4.98 Å². The fraction of sp³-hybridized carbons (Fsp3) is 0.200. The first-order chi connectivity index (χ1) is 10.1. The van der Waals surface area contributed by atoms with E-state index in [1.54, 1.807) is 7.11 Å². The second-order valence-corrected chi connectivity index (χ2v) is 4.81. The first-order valence-electron chi connectivity index (χ1n) is 6.43. The predicted molar refractivity (Wildman–Crippen MR) is 82.7 cm³/mol. The third kappa shape index (κ3) is 3.86. The lowest BCUT2D eigenvalue weighted by Crippen LogP contribution is -2.26. The van der Waals surface area contributed by atoms with Gasteiger partial charge in [0, 0.05) is 12.7 Å². The van der Waals surface area contributed by atoms with Crippen molar-refractivity contribution in [3.63, 3.8) is 0 Å². The number of amides is 1. The molecule has 0 saturated carbocycles. The van der Waals surface area contributed by atoms with Gasteiger partial charge in [0.1, 0.15) is 11.6 Å². The lowest BCUT2D eigenvalue weighted by Gasteiger charge is -2.10. The standard InChI is InChI=1S/C15H16ClN3O2/c1-21-13-5-3-2-4-10(13)6-7-18-15(20)11-8-14(17)19-9-12(11)16/h2-5,8-9H,6-7H2,1H3,(H2,17,19)(H,18,20). The van der Waals surface area contributed by atoms with Crippen LogP contribution in [0.2, 0.25) is 5.02 Å². The van der Waals surface area contributed by atoms with Crippen LogP contribution in [0.1, 0.15) is 15.9 Å². The summed E-state index contributed by atoms with van der Waals surface area (Å²) < 4.78 is 5.26. The van der Waals surface area contributed by atoms with Crippen LogP contribution in [0.25, 0.3) is 0 Å². The minimum atomic E-state index is -0.274. The van der Waals surface area contributed by atoms with E-state index in [0.29, 0.717) is 18.5 Å². The van der Waals surface area contributed by atoms with Crippen molar-refractivity contribution in [3.8, 4) is 5.75 Å². The number of aromatic nitrogens is 1. The molecule has 6 heteroatoms. The monoisotopic (exact) mass is 305 g/mol. The molecular weight excluding hydrogens is 290 g/mol. The van der Waals surface area contributed by atoms with Gasteiger partial charge >= 0.3 is 0 Å². The van der Waals surface area contributed by atoms with E-state index in [1.165, 1.54) is 12.3 Å². The van der Waals surface area contributed by atoms with Gasteiger partial charge in [0.25, 0.3) is 5.91 Å². The number of hydrogen-bond donors (Lipinski definition) is 2. The van der Waals surface area contributed by atoms with Gasteiger partial charge in [-0.1, -0.05) is 29.8 Å². The molecule has 0 saturated heterocycles. The highest BCUT2D eigenvalue weighted by Crippen LogP contribution is 2.18. The summed E-state index contributed by atoms with van der Waals surface area (Å²) in [7, 11) is 1.62. The van der Waals surface area contributed by atoms with Gasteiger partial charge in [-0.15, -0.1) is 0 Å². The molecule has 0 unspecified atom stereocenters. The van der Waals surface area contributed by atoms with Crippen LogP contribution in [0.15, 0.2) is 36.5 Å². The van der Waals surface area contributed by atoms with Crippen LogP contribution >= 0.6 is 11.6 Å². The number of carbonyl (C=O) groups is 1. The molecule has 0 bridgehead atoms. The highest BCUT2D eigenvalue weighted by Gasteiger charge is 2.11. The summed E-state index contributed by atoms with van der Waals surface area (Å²) in [5.41, 5.74) is 6.91. The Kier molecular flexibility index (Phi) is 5.00. The Morgan fingerprint density at radius 2 is 2.19 bits per heavy atom. The van der Waals surface area contributed by atoms with Gasteiger partial charge in [0.15, 0.2) is 0 Å². The van der Waals surface area contributed by atoms with Crippen LogP contribution < -0.4 is 15.8 Å². The molecule has 1 aromatic carbocycles. The molecule has 110 valence electrons. The average Bonchev–Trinajstić information content (AvgIpc) is 2.50. The van der Waals surface area contributed by atoms with E-state index in [2.05, 4.69) is 10.3 Å². The number of nitrogens with two attached hydrogens (primary N) is 1. The second-order valence-electron chi connectivity index (χ2n) is 4.41. The summed E-state index contributed by atoms with van der Waals surface area (Å²) in [5, 5.41) is 3.08. The number of methoxy groups -OCH3 is 1. The predicted octanol–water partition coefficient (Wildman–Crippen LogP) is 2.30. The molecule has 0 aliphatic carbocycles. The molecule has 21 heavy (non-hydrogen) atoms. The van der Waals surface area contributed by atoms with Gasteiger partial charge in [-0.3, -0.25) is 4.79 Å². The van der Waals surface area contributed by atoms with Crippen molar-refractivity contribution in [2.24, 2.45) is 0 Å². The van der Waals surface area contributed by atoms with Crippen LogP contribution in [-0.2, 0) is 6.42 Å². The SMILES string of the molecule is COc1ccccc1CCNC(=O)c1cc(N)ncc1Cl. The highest BCUT2D eigenvalue weighted by molar-refractivity contribution is 6.33. The van der Waals surface area contributed by atoms with E-state index in [-0.39, 0.29) is 16.7 Å². The highest BCUT2D eigenvalue weighted by atomic mass is 35.5. The number of anilines is 1. The largest absolute Gasteiger partial charge is 0.496 e. The fourth-order valence-corrected chi connectivity index (χ4v) is 2.13. The van der Waals surface area contributed by atoms with Crippen molar-refractivity contribution in [3.05, 3.63) is 52.7 Å². The number of carbonyl (C=O) groups excluding carboxylic acids is 1. The topological polar surface area (TPSA) is 77.2 Å². The molecule has 5 nitrogen and oxygen atoms in total. The number of halogens is 1. The number of ether oxygens (including phenoxy) is 1. The maximum Gasteiger partial charge on any atom is 0.253 e. The van der Waals surface area contributed by atoms with Crippen LogP contribution in [-0.4, -0.2) is 24.5 Å². The molecule has 0 radical (unpaired) electrons. The van der Waals surface area contributed by atoms with E-state index in [9.17, 15) is 4.79 Å². The van der Waals surface area contributed by atoms with Gasteiger partial charge in [0.05, 0.1) is 17.7 Å². The third-order valence-corrected chi connectivity index (χ3v) is 3.29. The Morgan fingerprint density at radius 3 is 2.95 bits per heavy atom. The van der Waals surface area contributed by atoms with Crippen molar-refractivity contribution in [1.82, 2.24) is 10.3 Å². The Bertz CT molecular complexity index is 647. The zero-order chi connectivity index (χ0) is 15.2. The Hall–Kier alpha value is -2.27. The number of benzene rings is 1. The van der Waals surface area contributed by atoms with Crippen LogP contribution in [0.3, 0.4) is 0 Å². The number of para-hydroxylation sites is 1. The van der Waals surface area contributed by atoms with Gasteiger partial charge in [-0.2, -0.15) is 0 Å². The van der Waals surface area contributed by atoms with Gasteiger partial charge < -0.3 is 15.8 Å². The molecule has 3 N–H and O–H groups in total. The minimum absolute atomic E-state index is 0.259. The lowest BCUT2D eigenvalue weighted by atomic mass is 10.1. The van der Waals surface area contributed by atoms with Crippen LogP contribution in [0.4, 0.5) is 5.82 Å². The van der Waals surface area contributed by atoms with Gasteiger partial charge in [0.2, 0.25) is 0 Å². The molecular formula is C15H16ClN3O2. The number of pyridine rings is 1. The maximum atomic E-state index is 12.1. The molecule has 0 fully saturated rings. The summed E-state index contributed by atoms with van der Waals surface area (Å²) in [6.45, 7) is 0.470. The van der Waals surface area contributed by atoms with E-state index < -0.39 is 0 Å². The number of nitrogens with one attached hydrogen (secondary N) is 1. The van der Waals surface area contributed by atoms with Crippen molar-refractivity contribution >= 4 is 23.3 Å². The zero-order valence-corrected chi connectivity index (χ0v) is 12.4. The van der Waals surface area contributed by atoms with Crippen LogP contribution in [0.5, 0.6) is 5.75 Å². The molecule has 1 aromatic heterocycles. The Labute approximate surface area is 128 Å². The summed E-state index contributed by atoms with van der Waals surface area (Å²) in [6, 6.07) is 9.14. The lowest BCUT2D eigenvalue weighted by molar-refractivity contribution is 0.0954. The smallest absolute Gasteiger partial charge is 0.253 e. The van der Waals surface area contributed by atoms with Crippen LogP contribution in [0, 0.1) is 0 Å². The van der Waals surface area contributed by atoms with E-state index >= 15 is 0 Å². The molecule has 1 amide bonds. The van der Waals surface area contributed by atoms with Crippen molar-refractivity contribution in [2.75, 3.05) is 19.4 Å². The zero-order valence-electron chi connectivity index (χ0n) is 11.6. The van der Waals surface area contributed by atoms with Crippen molar-refractivity contribution < 1.29 is 9.53 Å². The normalized spacial score (nSPS) is 10.2. The second kappa shape index (κ2) is 6.95. The number of nitrogen functional groups attached to an aromatic ring is 1. The number of hydrogen-bond acceptors (Lipinski definition) is 4. The van der Waals surface area contributed by atoms with Crippen molar-refractivity contribution in [2.45, 2.75) is 6.42 Å². The maximum absolute atomic E-state index is 12.1. The van der Waals surface area contributed by atoms with E-state index in [1.807, 2.05) is 24.3 Å². The molecule has 0 spiro atoms. The number of nitrogens with zero attached hydrogens (tertiary/aromatic N) is 1. The molecule has 0 aliphatic rings. The first kappa shape index (κ1) is 15.1. The Morgan fingerprint density at radius 1 is 1.43 bits per heavy atom. The third-order valence-electron chi connectivity index (χ3n) is 2.99. The van der Waals surface area contributed by atoms with Gasteiger partial charge in [-0.05, 0) is 24.1 Å². The quantitative estimate of drug-likeness (QED) is 0.888. The first-order valence-corrected chi connectivity index (χ1v) is 6.80. The van der Waals surface area contributed by atoms with E-state index in [0.717, 1.165) is 11.3 Å². The molecule has 2 rings (SSSR count). The summed E-state index contributed by atoms with van der Waals surface area (Å²) >= 11 is 5.94. The Balaban J connectivity index is 1.97. The minimum Gasteiger partial charge on any atom is -0.496 e. The number of rotatable bonds is 5. The molecule has 0 atom stereocenters. The molecule has 0 aliphatic heterocycles. The average molecular weight is 306 g/mol. The van der Waals surface area contributed by atoms with E-state index in [4.69, 9.17) is 22.1 Å². The fourth-order valence-electron chi connectivity index (χ4n) is 1.94. The molecule has 2 aromatic rings. The summed E-state index contributed by atoms with van der Waals surface area (Å²) in [5.74, 6) is 0.788. The molecule has 1 heterocycles. The van der Waals surface area contributed by atoms with Crippen molar-refractivity contribution in [1.29, 1.82) is 0 Å². The summed E-state index contributed by atoms with van der Waals surface area (Å²) in [6.07, 6.45) is 2.03.